The van der Waals surface area contributed by atoms with Crippen LogP contribution in [0.2, 0.25) is 0 Å². The van der Waals surface area contributed by atoms with Gasteiger partial charge >= 0.3 is 11.9 Å². The van der Waals surface area contributed by atoms with Gasteiger partial charge in [0.15, 0.2) is 6.10 Å². The molecule has 1 atom stereocenters. The summed E-state index contributed by atoms with van der Waals surface area (Å²) in [5.41, 5.74) is 0. The number of hydrogen-bond acceptors (Lipinski definition) is 5. The molecule has 0 aliphatic rings. The number of hydrogen-bond donors (Lipinski definition) is 0. The Bertz CT molecular complexity index is 1500. The molecule has 0 fully saturated rings. The van der Waals surface area contributed by atoms with E-state index in [9.17, 15) is 9.59 Å². The fourth-order valence-electron chi connectivity index (χ4n) is 7.79. The maximum atomic E-state index is 12.9. The zero-order valence-corrected chi connectivity index (χ0v) is 46.9. The minimum atomic E-state index is -0.572. The Hall–Kier alpha value is -3.96. The van der Waals surface area contributed by atoms with E-state index < -0.39 is 6.10 Å². The third-order valence-corrected chi connectivity index (χ3v) is 12.2. The predicted molar refractivity (Wildman–Crippen MR) is 315 cm³/mol. The third-order valence-electron chi connectivity index (χ3n) is 12.2. The Morgan fingerprint density at radius 2 is 0.625 bits per heavy atom. The minimum absolute atomic E-state index is 0.0554. The van der Waals surface area contributed by atoms with Crippen LogP contribution in [0.1, 0.15) is 252 Å². The van der Waals surface area contributed by atoms with Crippen molar-refractivity contribution in [3.63, 3.8) is 0 Å². The number of carbonyl (C=O) groups is 2. The second-order valence-electron chi connectivity index (χ2n) is 19.1. The first-order chi connectivity index (χ1) is 35.6. The summed E-state index contributed by atoms with van der Waals surface area (Å²) in [6.45, 7) is 7.51. The topological polar surface area (TPSA) is 61.8 Å². The van der Waals surface area contributed by atoms with Gasteiger partial charge in [0, 0.05) is 19.4 Å². The minimum Gasteiger partial charge on any atom is -0.462 e. The van der Waals surface area contributed by atoms with Gasteiger partial charge in [0.05, 0.1) is 6.61 Å². The summed E-state index contributed by atoms with van der Waals surface area (Å²) in [5, 5.41) is 0. The zero-order valence-electron chi connectivity index (χ0n) is 46.9. The lowest BCUT2D eigenvalue weighted by Crippen LogP contribution is -2.30. The van der Waals surface area contributed by atoms with Crippen molar-refractivity contribution in [3.05, 3.63) is 134 Å². The van der Waals surface area contributed by atoms with Crippen LogP contribution in [0.5, 0.6) is 0 Å². The van der Waals surface area contributed by atoms with Crippen LogP contribution >= 0.6 is 0 Å². The van der Waals surface area contributed by atoms with Gasteiger partial charge in [-0.2, -0.15) is 0 Å². The summed E-state index contributed by atoms with van der Waals surface area (Å²) in [5.74, 6) is -0.450. The van der Waals surface area contributed by atoms with Crippen LogP contribution in [0.4, 0.5) is 0 Å². The molecular formula is C67H110O5. The molecule has 0 heterocycles. The van der Waals surface area contributed by atoms with Crippen molar-refractivity contribution in [3.8, 4) is 0 Å². The number of unbranched alkanes of at least 4 members (excludes halogenated alkanes) is 20. The number of carbonyl (C=O) groups excluding carboxylic acids is 2. The fraction of sp³-hybridized carbons (Fsp3) is 0.642. The Kier molecular flexibility index (Phi) is 58.0. The lowest BCUT2D eigenvalue weighted by atomic mass is 10.1. The van der Waals surface area contributed by atoms with Crippen molar-refractivity contribution in [1.82, 2.24) is 0 Å². The van der Waals surface area contributed by atoms with Gasteiger partial charge in [-0.3, -0.25) is 9.59 Å². The highest BCUT2D eigenvalue weighted by molar-refractivity contribution is 5.70. The molecule has 0 aliphatic heterocycles. The highest BCUT2D eigenvalue weighted by Gasteiger charge is 2.17. The standard InChI is InChI=1S/C67H110O5/c1-4-7-10-13-16-19-22-25-28-31-33-35-38-41-44-47-50-53-56-59-62-70-63-65(72-67(69)61-58-55-52-49-46-43-40-36-30-27-24-21-18-15-12-9-6-3)64-71-66(68)60-57-54-51-48-45-42-39-37-34-32-29-26-23-20-17-14-11-8-5-2/h7,9-10,12,16-21,25-30,33-35,37,40,43,65H,4-6,8,11,13-15,22-24,31-32,36,38-39,41-42,44-64H2,1-3H3/b10-7-,12-9-,19-16-,20-17-,21-18-,28-25-,29-26-,30-27-,35-33-,37-34-,43-40-. The maximum Gasteiger partial charge on any atom is 0.306 e. The molecular weight excluding hydrogens is 885 g/mol. The molecule has 5 nitrogen and oxygen atoms in total. The summed E-state index contributed by atoms with van der Waals surface area (Å²) in [6.07, 6.45) is 87.6. The number of allylic oxidation sites excluding steroid dienone is 22. The molecule has 5 heteroatoms. The molecule has 0 aromatic heterocycles. The summed E-state index contributed by atoms with van der Waals surface area (Å²) in [4.78, 5) is 25.6. The van der Waals surface area contributed by atoms with E-state index in [-0.39, 0.29) is 25.2 Å². The van der Waals surface area contributed by atoms with E-state index >= 15 is 0 Å². The van der Waals surface area contributed by atoms with E-state index in [2.05, 4.69) is 154 Å². The van der Waals surface area contributed by atoms with Crippen LogP contribution in [-0.2, 0) is 23.8 Å². The molecule has 0 aliphatic carbocycles. The van der Waals surface area contributed by atoms with Gasteiger partial charge in [-0.15, -0.1) is 0 Å². The molecule has 0 radical (unpaired) electrons. The van der Waals surface area contributed by atoms with Crippen LogP contribution in [0.15, 0.2) is 134 Å². The monoisotopic (exact) mass is 995 g/mol. The molecule has 72 heavy (non-hydrogen) atoms. The first kappa shape index (κ1) is 68.0. The quantitative estimate of drug-likeness (QED) is 0.0345. The predicted octanol–water partition coefficient (Wildman–Crippen LogP) is 20.7. The number of rotatable bonds is 53. The molecule has 0 aromatic rings. The Labute approximate surface area is 445 Å². The molecule has 0 aromatic carbocycles. The van der Waals surface area contributed by atoms with E-state index in [0.717, 1.165) is 141 Å². The summed E-state index contributed by atoms with van der Waals surface area (Å²) in [6, 6.07) is 0. The van der Waals surface area contributed by atoms with Crippen LogP contribution in [-0.4, -0.2) is 37.9 Å². The highest BCUT2D eigenvalue weighted by Crippen LogP contribution is 2.13. The number of ether oxygens (including phenoxy) is 3. The summed E-state index contributed by atoms with van der Waals surface area (Å²) >= 11 is 0. The summed E-state index contributed by atoms with van der Waals surface area (Å²) < 4.78 is 17.5. The molecule has 0 saturated heterocycles. The van der Waals surface area contributed by atoms with Crippen molar-refractivity contribution in [2.24, 2.45) is 0 Å². The molecule has 0 saturated carbocycles. The molecule has 1 unspecified atom stereocenters. The van der Waals surface area contributed by atoms with E-state index in [1.165, 1.54) is 77.0 Å². The van der Waals surface area contributed by atoms with Gasteiger partial charge in [0.2, 0.25) is 0 Å². The second kappa shape index (κ2) is 61.3. The van der Waals surface area contributed by atoms with Crippen molar-refractivity contribution >= 4 is 11.9 Å². The van der Waals surface area contributed by atoms with Crippen LogP contribution in [0, 0.1) is 0 Å². The Morgan fingerprint density at radius 3 is 1.00 bits per heavy atom. The third kappa shape index (κ3) is 58.6. The average molecular weight is 996 g/mol. The SMILES string of the molecule is CC/C=C\C/C=C\C/C=C\C/C=C\CCCCCCCCCOCC(COC(=O)CCCCCCCC/C=C\C/C=C\C/C=C\CCCCC)OC(=O)CCCCCC/C=C\C/C=C\C/C=C\C/C=C\CC. The lowest BCUT2D eigenvalue weighted by Gasteiger charge is -2.18. The molecule has 0 rings (SSSR count). The zero-order chi connectivity index (χ0) is 52.0. The van der Waals surface area contributed by atoms with E-state index in [1.54, 1.807) is 0 Å². The number of esters is 2. The average Bonchev–Trinajstić information content (AvgIpc) is 3.38. The van der Waals surface area contributed by atoms with Gasteiger partial charge in [0.25, 0.3) is 0 Å². The highest BCUT2D eigenvalue weighted by atomic mass is 16.6. The smallest absolute Gasteiger partial charge is 0.306 e. The molecule has 0 N–H and O–H groups in total. The van der Waals surface area contributed by atoms with Gasteiger partial charge in [-0.25, -0.2) is 0 Å². The van der Waals surface area contributed by atoms with Gasteiger partial charge in [0.1, 0.15) is 6.61 Å². The Balaban J connectivity index is 4.40. The molecule has 0 amide bonds. The van der Waals surface area contributed by atoms with Gasteiger partial charge in [-0.05, 0) is 135 Å². The normalized spacial score (nSPS) is 13.2. The maximum absolute atomic E-state index is 12.9. The summed E-state index contributed by atoms with van der Waals surface area (Å²) in [7, 11) is 0. The van der Waals surface area contributed by atoms with Gasteiger partial charge < -0.3 is 14.2 Å². The lowest BCUT2D eigenvalue weighted by molar-refractivity contribution is -0.163. The van der Waals surface area contributed by atoms with Crippen LogP contribution in [0.25, 0.3) is 0 Å². The largest absolute Gasteiger partial charge is 0.462 e. The van der Waals surface area contributed by atoms with Crippen LogP contribution in [0.3, 0.4) is 0 Å². The van der Waals surface area contributed by atoms with E-state index in [0.29, 0.717) is 19.4 Å². The van der Waals surface area contributed by atoms with E-state index in [4.69, 9.17) is 14.2 Å². The molecule has 0 bridgehead atoms. The molecule has 408 valence electrons. The van der Waals surface area contributed by atoms with Gasteiger partial charge in [-0.1, -0.05) is 238 Å². The Morgan fingerprint density at radius 1 is 0.319 bits per heavy atom. The first-order valence-electron chi connectivity index (χ1n) is 29.7. The van der Waals surface area contributed by atoms with Crippen LogP contribution < -0.4 is 0 Å². The first-order valence-corrected chi connectivity index (χ1v) is 29.7. The van der Waals surface area contributed by atoms with Crippen molar-refractivity contribution in [1.29, 1.82) is 0 Å². The van der Waals surface area contributed by atoms with Crippen molar-refractivity contribution in [2.45, 2.75) is 258 Å². The van der Waals surface area contributed by atoms with Crippen molar-refractivity contribution < 1.29 is 23.8 Å². The van der Waals surface area contributed by atoms with Crippen molar-refractivity contribution in [2.75, 3.05) is 19.8 Å². The van der Waals surface area contributed by atoms with E-state index in [1.807, 2.05) is 0 Å². The second-order valence-corrected chi connectivity index (χ2v) is 19.1. The molecule has 0 spiro atoms. The fourth-order valence-corrected chi connectivity index (χ4v) is 7.79.